The molecule has 4 aromatic rings. The number of hydrogen-bond donors (Lipinski definition) is 2. The first kappa shape index (κ1) is 22.4. The lowest BCUT2D eigenvalue weighted by Crippen LogP contribution is -2.16. The predicted octanol–water partition coefficient (Wildman–Crippen LogP) is 5.29. The van der Waals surface area contributed by atoms with Crippen molar-refractivity contribution in [1.29, 1.82) is 0 Å². The van der Waals surface area contributed by atoms with Crippen molar-refractivity contribution in [2.75, 3.05) is 5.73 Å². The lowest BCUT2D eigenvalue weighted by molar-refractivity contribution is -0.117. The van der Waals surface area contributed by atoms with Crippen molar-refractivity contribution < 1.29 is 9.53 Å². The highest BCUT2D eigenvalue weighted by atomic mass is 16.5. The van der Waals surface area contributed by atoms with Gasteiger partial charge in [0.05, 0.1) is 17.3 Å². The normalized spacial score (nSPS) is 18.7. The number of aromatic amines is 1. The molecule has 1 aliphatic rings. The van der Waals surface area contributed by atoms with Crippen molar-refractivity contribution in [3.8, 4) is 17.1 Å². The zero-order valence-corrected chi connectivity index (χ0v) is 20.0. The molecule has 0 saturated heterocycles. The topological polar surface area (TPSA) is 111 Å². The van der Waals surface area contributed by atoms with Crippen LogP contribution in [-0.4, -0.2) is 36.5 Å². The van der Waals surface area contributed by atoms with Crippen LogP contribution in [0, 0.1) is 5.92 Å². The third kappa shape index (κ3) is 4.24. The van der Waals surface area contributed by atoms with E-state index in [1.807, 2.05) is 30.5 Å². The van der Waals surface area contributed by atoms with Gasteiger partial charge >= 0.3 is 0 Å². The summed E-state index contributed by atoms with van der Waals surface area (Å²) >= 11 is 0. The van der Waals surface area contributed by atoms with Crippen molar-refractivity contribution in [2.45, 2.75) is 71.3 Å². The minimum absolute atomic E-state index is 0.0759. The first-order chi connectivity index (χ1) is 16.4. The molecule has 1 saturated carbocycles. The van der Waals surface area contributed by atoms with Crippen molar-refractivity contribution >= 4 is 28.0 Å². The fraction of sp³-hybridized carbons (Fsp3) is 0.462. The Hall–Kier alpha value is -3.42. The maximum Gasteiger partial charge on any atom is 0.153 e. The van der Waals surface area contributed by atoms with Crippen LogP contribution >= 0.6 is 0 Å². The molecule has 1 aliphatic carbocycles. The standard InChI is InChI=1S/C26H32N6O2/c1-15(2)34-21-6-4-5-19-13-20(30-22(19)21)23-24-25(27)28-14-29-32(24)26(31-23)18-11-9-17(10-12-18)8-7-16(3)33/h4-6,13-15,17-18,30H,7-12H2,1-3H3,(H2,27,28,29). The number of ether oxygens (including phenoxy) is 1. The van der Waals surface area contributed by atoms with Crippen LogP contribution in [0.15, 0.2) is 30.6 Å². The first-order valence-corrected chi connectivity index (χ1v) is 12.2. The molecule has 8 heteroatoms. The van der Waals surface area contributed by atoms with Crippen LogP contribution in [0.25, 0.3) is 27.8 Å². The molecule has 0 spiro atoms. The van der Waals surface area contributed by atoms with Gasteiger partial charge in [-0.3, -0.25) is 0 Å². The zero-order chi connectivity index (χ0) is 23.8. The van der Waals surface area contributed by atoms with Gasteiger partial charge in [-0.15, -0.1) is 0 Å². The summed E-state index contributed by atoms with van der Waals surface area (Å²) in [6.45, 7) is 5.71. The summed E-state index contributed by atoms with van der Waals surface area (Å²) < 4.78 is 7.88. The number of carbonyl (C=O) groups is 1. The Labute approximate surface area is 198 Å². The summed E-state index contributed by atoms with van der Waals surface area (Å²) in [5, 5.41) is 5.59. The second-order valence-corrected chi connectivity index (χ2v) is 9.75. The first-order valence-electron chi connectivity index (χ1n) is 12.2. The lowest BCUT2D eigenvalue weighted by atomic mass is 9.79. The summed E-state index contributed by atoms with van der Waals surface area (Å²) in [7, 11) is 0. The molecule has 1 fully saturated rings. The Kier molecular flexibility index (Phi) is 5.98. The van der Waals surface area contributed by atoms with Crippen LogP contribution in [0.4, 0.5) is 5.82 Å². The minimum atomic E-state index is 0.0759. The molecule has 0 atom stereocenters. The van der Waals surface area contributed by atoms with Gasteiger partial charge in [0.25, 0.3) is 0 Å². The molecule has 0 amide bonds. The third-order valence-electron chi connectivity index (χ3n) is 6.84. The van der Waals surface area contributed by atoms with Crippen LogP contribution < -0.4 is 10.5 Å². The van der Waals surface area contributed by atoms with E-state index in [0.717, 1.165) is 71.5 Å². The van der Waals surface area contributed by atoms with E-state index in [0.29, 0.717) is 24.1 Å². The van der Waals surface area contributed by atoms with E-state index < -0.39 is 0 Å². The number of para-hydroxylation sites is 1. The van der Waals surface area contributed by atoms with Gasteiger partial charge in [-0.05, 0) is 70.9 Å². The minimum Gasteiger partial charge on any atom is -0.489 e. The molecule has 0 bridgehead atoms. The van der Waals surface area contributed by atoms with Crippen molar-refractivity contribution in [1.82, 2.24) is 24.6 Å². The molecular formula is C26H32N6O2. The highest BCUT2D eigenvalue weighted by Gasteiger charge is 2.28. The van der Waals surface area contributed by atoms with E-state index in [2.05, 4.69) is 27.2 Å². The van der Waals surface area contributed by atoms with Crippen LogP contribution in [0.5, 0.6) is 5.75 Å². The number of H-pyrrole nitrogens is 1. The van der Waals surface area contributed by atoms with Crippen LogP contribution in [0.1, 0.15) is 71.0 Å². The van der Waals surface area contributed by atoms with Gasteiger partial charge in [0.1, 0.15) is 34.9 Å². The summed E-state index contributed by atoms with van der Waals surface area (Å²) in [6.07, 6.45) is 7.51. The molecule has 8 nitrogen and oxygen atoms in total. The van der Waals surface area contributed by atoms with Crippen LogP contribution in [0.2, 0.25) is 0 Å². The van der Waals surface area contributed by atoms with E-state index in [1.165, 1.54) is 6.33 Å². The molecule has 3 N–H and O–H groups in total. The van der Waals surface area contributed by atoms with E-state index in [1.54, 1.807) is 6.92 Å². The summed E-state index contributed by atoms with van der Waals surface area (Å²) in [5.74, 6) is 3.35. The van der Waals surface area contributed by atoms with Crippen molar-refractivity contribution in [3.05, 3.63) is 36.4 Å². The number of nitrogens with two attached hydrogens (primary N) is 1. The van der Waals surface area contributed by atoms with Gasteiger partial charge in [0.15, 0.2) is 5.82 Å². The molecule has 0 radical (unpaired) electrons. The van der Waals surface area contributed by atoms with E-state index in [4.69, 9.17) is 15.5 Å². The summed E-state index contributed by atoms with van der Waals surface area (Å²) in [5.41, 5.74) is 9.64. The average Bonchev–Trinajstić information content (AvgIpc) is 3.41. The van der Waals surface area contributed by atoms with Gasteiger partial charge in [-0.2, -0.15) is 5.10 Å². The highest BCUT2D eigenvalue weighted by molar-refractivity contribution is 5.93. The number of nitrogen functional groups attached to an aromatic ring is 1. The van der Waals surface area contributed by atoms with Gasteiger partial charge in [0, 0.05) is 17.7 Å². The number of Topliss-reactive ketones (excluding diaryl/α,β-unsaturated/α-hetero) is 1. The number of nitrogens with zero attached hydrogens (tertiary/aromatic N) is 4. The largest absolute Gasteiger partial charge is 0.489 e. The Bertz CT molecular complexity index is 1330. The molecule has 178 valence electrons. The average molecular weight is 461 g/mol. The number of hydrogen-bond acceptors (Lipinski definition) is 6. The monoisotopic (exact) mass is 460 g/mol. The van der Waals surface area contributed by atoms with Crippen LogP contribution in [0.3, 0.4) is 0 Å². The lowest BCUT2D eigenvalue weighted by Gasteiger charge is -2.27. The molecule has 34 heavy (non-hydrogen) atoms. The van der Waals surface area contributed by atoms with E-state index >= 15 is 0 Å². The smallest absolute Gasteiger partial charge is 0.153 e. The Balaban J connectivity index is 1.51. The number of imidazole rings is 1. The van der Waals surface area contributed by atoms with Gasteiger partial charge in [-0.1, -0.05) is 12.1 Å². The molecule has 1 aromatic carbocycles. The Morgan fingerprint density at radius 2 is 2.06 bits per heavy atom. The number of benzene rings is 1. The summed E-state index contributed by atoms with van der Waals surface area (Å²) in [6, 6.07) is 8.11. The quantitative estimate of drug-likeness (QED) is 0.388. The maximum atomic E-state index is 11.4. The van der Waals surface area contributed by atoms with Gasteiger partial charge in [0.2, 0.25) is 0 Å². The number of anilines is 1. The van der Waals surface area contributed by atoms with E-state index in [9.17, 15) is 4.79 Å². The number of fused-ring (bicyclic) bond motifs is 2. The second kappa shape index (κ2) is 9.08. The van der Waals surface area contributed by atoms with Crippen LogP contribution in [-0.2, 0) is 4.79 Å². The predicted molar refractivity (Wildman–Crippen MR) is 133 cm³/mol. The van der Waals surface area contributed by atoms with Crippen molar-refractivity contribution in [3.63, 3.8) is 0 Å². The number of ketones is 1. The van der Waals surface area contributed by atoms with Crippen molar-refractivity contribution in [2.24, 2.45) is 5.92 Å². The molecular weight excluding hydrogens is 428 g/mol. The molecule has 5 rings (SSSR count). The molecule has 0 aliphatic heterocycles. The maximum absolute atomic E-state index is 11.4. The number of carbonyl (C=O) groups excluding carboxylic acids is 1. The van der Waals surface area contributed by atoms with Gasteiger partial charge in [-0.25, -0.2) is 14.5 Å². The fourth-order valence-electron chi connectivity index (χ4n) is 5.15. The third-order valence-corrected chi connectivity index (χ3v) is 6.84. The fourth-order valence-corrected chi connectivity index (χ4v) is 5.15. The highest BCUT2D eigenvalue weighted by Crippen LogP contribution is 2.40. The number of aromatic nitrogens is 5. The van der Waals surface area contributed by atoms with Gasteiger partial charge < -0.3 is 20.2 Å². The molecule has 0 unspecified atom stereocenters. The molecule has 3 heterocycles. The SMILES string of the molecule is CC(=O)CCC1CCC(c2nc(-c3cc4cccc(OC(C)C)c4[nH]3)c3c(N)ncnn23)CC1. The number of rotatable bonds is 7. The zero-order valence-electron chi connectivity index (χ0n) is 20.0. The second-order valence-electron chi connectivity index (χ2n) is 9.75. The Morgan fingerprint density at radius 3 is 2.79 bits per heavy atom. The number of nitrogens with one attached hydrogen (secondary N) is 1. The van der Waals surface area contributed by atoms with E-state index in [-0.39, 0.29) is 11.9 Å². The Morgan fingerprint density at radius 1 is 1.26 bits per heavy atom. The summed E-state index contributed by atoms with van der Waals surface area (Å²) in [4.78, 5) is 24.2. The molecule has 3 aromatic heterocycles.